The van der Waals surface area contributed by atoms with Gasteiger partial charge in [-0.3, -0.25) is 0 Å². The van der Waals surface area contributed by atoms with Crippen molar-refractivity contribution < 1.29 is 4.74 Å². The number of hydrogen-bond donors (Lipinski definition) is 2. The van der Waals surface area contributed by atoms with E-state index in [4.69, 9.17) is 4.74 Å². The molecule has 3 rings (SSSR count). The van der Waals surface area contributed by atoms with Crippen LogP contribution in [-0.2, 0) is 0 Å². The average molecular weight is 218 g/mol. The summed E-state index contributed by atoms with van der Waals surface area (Å²) in [5.74, 6) is 0.921. The Morgan fingerprint density at radius 2 is 2.06 bits per heavy atom. The van der Waals surface area contributed by atoms with E-state index in [0.717, 1.165) is 12.3 Å². The predicted octanol–water partition coefficient (Wildman–Crippen LogP) is 2.85. The van der Waals surface area contributed by atoms with Gasteiger partial charge in [-0.1, -0.05) is 0 Å². The molecule has 2 N–H and O–H groups in total. The fraction of sp³-hybridized carbons (Fsp3) is 0.538. The van der Waals surface area contributed by atoms with Crippen molar-refractivity contribution in [2.75, 3.05) is 24.3 Å². The van der Waals surface area contributed by atoms with Crippen LogP contribution in [0, 0.1) is 0 Å². The summed E-state index contributed by atoms with van der Waals surface area (Å²) in [7, 11) is 1.71. The minimum atomic E-state index is 0.352. The average Bonchev–Trinajstić information content (AvgIpc) is 2.46. The first kappa shape index (κ1) is 9.82. The Labute approximate surface area is 96.2 Å². The Morgan fingerprint density at radius 3 is 2.75 bits per heavy atom. The van der Waals surface area contributed by atoms with Crippen LogP contribution in [0.15, 0.2) is 18.2 Å². The maximum atomic E-state index is 5.27. The van der Waals surface area contributed by atoms with E-state index >= 15 is 0 Å². The van der Waals surface area contributed by atoms with Crippen molar-refractivity contribution >= 4 is 11.4 Å². The van der Waals surface area contributed by atoms with Gasteiger partial charge < -0.3 is 15.4 Å². The molecule has 86 valence electrons. The van der Waals surface area contributed by atoms with Crippen molar-refractivity contribution in [1.82, 2.24) is 0 Å². The van der Waals surface area contributed by atoms with Gasteiger partial charge in [-0.05, 0) is 37.8 Å². The molecule has 0 radical (unpaired) electrons. The van der Waals surface area contributed by atoms with E-state index in [1.54, 1.807) is 7.11 Å². The molecule has 1 spiro atoms. The van der Waals surface area contributed by atoms with Crippen LogP contribution in [0.25, 0.3) is 0 Å². The monoisotopic (exact) mass is 218 g/mol. The molecule has 16 heavy (non-hydrogen) atoms. The van der Waals surface area contributed by atoms with Gasteiger partial charge in [0, 0.05) is 18.2 Å². The lowest BCUT2D eigenvalue weighted by atomic mass is 9.74. The van der Waals surface area contributed by atoms with Gasteiger partial charge in [-0.15, -0.1) is 0 Å². The molecule has 0 bridgehead atoms. The lowest BCUT2D eigenvalue weighted by Gasteiger charge is -2.42. The highest BCUT2D eigenvalue weighted by Gasteiger charge is 2.38. The first-order chi connectivity index (χ1) is 7.81. The van der Waals surface area contributed by atoms with Gasteiger partial charge >= 0.3 is 0 Å². The molecular formula is C13H18N2O. The van der Waals surface area contributed by atoms with Gasteiger partial charge in [0.05, 0.1) is 18.5 Å². The fourth-order valence-corrected chi connectivity index (χ4v) is 2.67. The highest BCUT2D eigenvalue weighted by atomic mass is 16.5. The molecule has 3 nitrogen and oxygen atoms in total. The van der Waals surface area contributed by atoms with Crippen molar-refractivity contribution in [2.24, 2.45) is 0 Å². The number of rotatable bonds is 1. The Hall–Kier alpha value is -1.38. The largest absolute Gasteiger partial charge is 0.497 e. The molecule has 1 aromatic carbocycles. The Balaban J connectivity index is 1.94. The number of fused-ring (bicyclic) bond motifs is 1. The summed E-state index contributed by atoms with van der Waals surface area (Å²) in [5.41, 5.74) is 2.74. The number of nitrogens with one attached hydrogen (secondary N) is 2. The number of hydrogen-bond acceptors (Lipinski definition) is 3. The second-order valence-corrected chi connectivity index (χ2v) is 4.85. The summed E-state index contributed by atoms with van der Waals surface area (Å²) in [6.07, 6.45) is 5.16. The number of ether oxygens (including phenoxy) is 1. The quantitative estimate of drug-likeness (QED) is 0.760. The molecule has 3 heteroatoms. The molecule has 0 saturated heterocycles. The van der Waals surface area contributed by atoms with E-state index in [1.807, 2.05) is 6.07 Å². The van der Waals surface area contributed by atoms with Crippen molar-refractivity contribution in [2.45, 2.75) is 31.2 Å². The van der Waals surface area contributed by atoms with Crippen LogP contribution in [-0.4, -0.2) is 19.2 Å². The Bertz CT molecular complexity index is 399. The second-order valence-electron chi connectivity index (χ2n) is 4.85. The van der Waals surface area contributed by atoms with Crippen LogP contribution >= 0.6 is 0 Å². The molecule has 0 unspecified atom stereocenters. The zero-order chi connectivity index (χ0) is 11.0. The maximum Gasteiger partial charge on any atom is 0.121 e. The molecule has 1 aliphatic heterocycles. The summed E-state index contributed by atoms with van der Waals surface area (Å²) in [5, 5.41) is 7.19. The molecule has 1 aromatic rings. The van der Waals surface area contributed by atoms with Crippen molar-refractivity contribution in [3.05, 3.63) is 18.2 Å². The summed E-state index contributed by atoms with van der Waals surface area (Å²) in [6, 6.07) is 6.19. The first-order valence-electron chi connectivity index (χ1n) is 6.01. The van der Waals surface area contributed by atoms with Crippen LogP contribution in [0.1, 0.15) is 25.7 Å². The molecule has 1 fully saturated rings. The molecule has 0 amide bonds. The third-order valence-corrected chi connectivity index (χ3v) is 3.86. The first-order valence-corrected chi connectivity index (χ1v) is 6.01. The second kappa shape index (κ2) is 3.58. The highest BCUT2D eigenvalue weighted by Crippen LogP contribution is 2.42. The van der Waals surface area contributed by atoms with Gasteiger partial charge in [-0.2, -0.15) is 0 Å². The van der Waals surface area contributed by atoms with E-state index in [-0.39, 0.29) is 0 Å². The van der Waals surface area contributed by atoms with Crippen LogP contribution in [0.2, 0.25) is 0 Å². The molecule has 1 heterocycles. The van der Waals surface area contributed by atoms with E-state index in [1.165, 1.54) is 37.1 Å². The van der Waals surface area contributed by atoms with Crippen LogP contribution in [0.4, 0.5) is 11.4 Å². The van der Waals surface area contributed by atoms with E-state index < -0.39 is 0 Å². The normalized spacial score (nSPS) is 21.1. The van der Waals surface area contributed by atoms with Crippen LogP contribution in [0.3, 0.4) is 0 Å². The predicted molar refractivity (Wildman–Crippen MR) is 66.3 cm³/mol. The molecule has 2 aliphatic rings. The standard InChI is InChI=1S/C13H18N2O/c1-16-10-3-4-11-12(9-10)15-13(5-2-6-13)7-8-14-11/h3-4,9,14-15H,2,5-8H2,1H3. The van der Waals surface area contributed by atoms with Gasteiger partial charge in [0.1, 0.15) is 5.75 Å². The van der Waals surface area contributed by atoms with E-state index in [2.05, 4.69) is 22.8 Å². The molecular weight excluding hydrogens is 200 g/mol. The summed E-state index contributed by atoms with van der Waals surface area (Å²) >= 11 is 0. The van der Waals surface area contributed by atoms with Crippen LogP contribution < -0.4 is 15.4 Å². The lowest BCUT2D eigenvalue weighted by molar-refractivity contribution is 0.268. The van der Waals surface area contributed by atoms with Gasteiger partial charge in [0.2, 0.25) is 0 Å². The number of anilines is 2. The minimum absolute atomic E-state index is 0.352. The number of benzene rings is 1. The van der Waals surface area contributed by atoms with Crippen molar-refractivity contribution in [3.8, 4) is 5.75 Å². The van der Waals surface area contributed by atoms with Crippen molar-refractivity contribution in [1.29, 1.82) is 0 Å². The number of methoxy groups -OCH3 is 1. The van der Waals surface area contributed by atoms with Crippen LogP contribution in [0.5, 0.6) is 5.75 Å². The highest BCUT2D eigenvalue weighted by molar-refractivity contribution is 5.72. The SMILES string of the molecule is COc1ccc2c(c1)NC1(CCC1)CCN2. The smallest absolute Gasteiger partial charge is 0.121 e. The van der Waals surface area contributed by atoms with Gasteiger partial charge in [-0.25, -0.2) is 0 Å². The zero-order valence-electron chi connectivity index (χ0n) is 9.68. The Morgan fingerprint density at radius 1 is 1.19 bits per heavy atom. The molecule has 0 aromatic heterocycles. The summed E-state index contributed by atoms with van der Waals surface area (Å²) in [4.78, 5) is 0. The zero-order valence-corrected chi connectivity index (χ0v) is 9.68. The topological polar surface area (TPSA) is 33.3 Å². The lowest BCUT2D eigenvalue weighted by Crippen LogP contribution is -2.45. The summed E-state index contributed by atoms with van der Waals surface area (Å²) in [6.45, 7) is 1.06. The maximum absolute atomic E-state index is 5.27. The Kier molecular flexibility index (Phi) is 2.20. The summed E-state index contributed by atoms with van der Waals surface area (Å²) < 4.78 is 5.27. The minimum Gasteiger partial charge on any atom is -0.497 e. The van der Waals surface area contributed by atoms with E-state index in [9.17, 15) is 0 Å². The molecule has 0 atom stereocenters. The van der Waals surface area contributed by atoms with Gasteiger partial charge in [0.25, 0.3) is 0 Å². The van der Waals surface area contributed by atoms with E-state index in [0.29, 0.717) is 5.54 Å². The third kappa shape index (κ3) is 1.51. The fourth-order valence-electron chi connectivity index (χ4n) is 2.67. The molecule has 1 aliphatic carbocycles. The molecule has 1 saturated carbocycles. The van der Waals surface area contributed by atoms with Gasteiger partial charge in [0.15, 0.2) is 0 Å². The third-order valence-electron chi connectivity index (χ3n) is 3.86. The van der Waals surface area contributed by atoms with Crippen molar-refractivity contribution in [3.63, 3.8) is 0 Å².